The molecule has 2 heterocycles. The molecule has 1 aliphatic heterocycles. The van der Waals surface area contributed by atoms with Gasteiger partial charge >= 0.3 is 0 Å². The van der Waals surface area contributed by atoms with Crippen LogP contribution in [0.3, 0.4) is 0 Å². The average molecular weight is 537 g/mol. The minimum Gasteiger partial charge on any atom is -0.343 e. The number of carbonyl (C=O) groups is 4. The number of anilines is 1. The molecular formula is C29H30F2N4O4. The van der Waals surface area contributed by atoms with Crippen LogP contribution in [0.25, 0.3) is 0 Å². The predicted molar refractivity (Wildman–Crippen MR) is 139 cm³/mol. The molecular weight excluding hydrogens is 506 g/mol. The summed E-state index contributed by atoms with van der Waals surface area (Å²) >= 11 is 0. The van der Waals surface area contributed by atoms with E-state index in [-0.39, 0.29) is 48.3 Å². The summed E-state index contributed by atoms with van der Waals surface area (Å²) in [6.07, 6.45) is 3.84. The van der Waals surface area contributed by atoms with Crippen molar-refractivity contribution in [3.63, 3.8) is 0 Å². The lowest BCUT2D eigenvalue weighted by Crippen LogP contribution is -2.44. The highest BCUT2D eigenvalue weighted by Crippen LogP contribution is 2.29. The topological polar surface area (TPSA) is 101 Å². The van der Waals surface area contributed by atoms with Crippen LogP contribution in [0.1, 0.15) is 52.0 Å². The molecule has 10 heteroatoms. The van der Waals surface area contributed by atoms with E-state index in [0.29, 0.717) is 54.0 Å². The third-order valence-corrected chi connectivity index (χ3v) is 7.55. The summed E-state index contributed by atoms with van der Waals surface area (Å²) in [5.41, 5.74) is 1.79. The van der Waals surface area contributed by atoms with E-state index >= 15 is 0 Å². The van der Waals surface area contributed by atoms with Gasteiger partial charge in [-0.15, -0.1) is 0 Å². The van der Waals surface area contributed by atoms with Crippen molar-refractivity contribution in [2.45, 2.75) is 53.0 Å². The number of halogens is 2. The van der Waals surface area contributed by atoms with E-state index in [0.717, 1.165) is 12.1 Å². The second-order valence-electron chi connectivity index (χ2n) is 9.89. The summed E-state index contributed by atoms with van der Waals surface area (Å²) in [6, 6.07) is 4.76. The molecule has 2 amide bonds. The Kier molecular flexibility index (Phi) is 8.42. The number of allylic oxidation sites excluding steroid dienone is 4. The molecule has 0 atom stereocenters. The van der Waals surface area contributed by atoms with Crippen molar-refractivity contribution >= 4 is 29.2 Å². The van der Waals surface area contributed by atoms with Crippen molar-refractivity contribution in [1.82, 2.24) is 14.9 Å². The van der Waals surface area contributed by atoms with Gasteiger partial charge in [-0.1, -0.05) is 6.07 Å². The van der Waals surface area contributed by atoms with Gasteiger partial charge in [-0.25, -0.2) is 18.7 Å². The molecule has 1 aromatic heterocycles. The third-order valence-electron chi connectivity index (χ3n) is 7.55. The first-order chi connectivity index (χ1) is 18.6. The van der Waals surface area contributed by atoms with E-state index < -0.39 is 17.6 Å². The Morgan fingerprint density at radius 3 is 2.33 bits per heavy atom. The van der Waals surface area contributed by atoms with Gasteiger partial charge < -0.3 is 4.90 Å². The summed E-state index contributed by atoms with van der Waals surface area (Å²) in [5.74, 6) is -2.36. The largest absolute Gasteiger partial charge is 0.343 e. The number of rotatable bonds is 7. The maximum atomic E-state index is 14.4. The van der Waals surface area contributed by atoms with E-state index in [1.165, 1.54) is 23.5 Å². The molecule has 2 aromatic rings. The fourth-order valence-corrected chi connectivity index (χ4v) is 4.98. The number of carbonyl (C=O) groups excluding carboxylic acids is 4. The first kappa shape index (κ1) is 27.9. The van der Waals surface area contributed by atoms with Crippen LogP contribution in [0.5, 0.6) is 0 Å². The molecule has 2 aliphatic rings. The van der Waals surface area contributed by atoms with Gasteiger partial charge in [0, 0.05) is 65.5 Å². The van der Waals surface area contributed by atoms with Gasteiger partial charge in [0.05, 0.1) is 6.54 Å². The normalized spacial score (nSPS) is 16.7. The van der Waals surface area contributed by atoms with Crippen molar-refractivity contribution in [2.24, 2.45) is 5.92 Å². The number of benzene rings is 1. The molecule has 1 aliphatic carbocycles. The number of aromatic nitrogens is 2. The molecule has 0 saturated carbocycles. The average Bonchev–Trinajstić information content (AvgIpc) is 2.94. The van der Waals surface area contributed by atoms with Crippen LogP contribution in [0.2, 0.25) is 0 Å². The number of nitrogens with zero attached hydrogens (tertiary/aromatic N) is 4. The molecule has 0 radical (unpaired) electrons. The maximum absolute atomic E-state index is 14.4. The summed E-state index contributed by atoms with van der Waals surface area (Å²) < 4.78 is 27.8. The van der Waals surface area contributed by atoms with Crippen LogP contribution < -0.4 is 4.90 Å². The van der Waals surface area contributed by atoms with Crippen LogP contribution in [0.15, 0.2) is 59.1 Å². The van der Waals surface area contributed by atoms with Crippen molar-refractivity contribution in [2.75, 3.05) is 18.0 Å². The highest BCUT2D eigenvalue weighted by atomic mass is 19.1. The lowest BCUT2D eigenvalue weighted by molar-refractivity contribution is -0.135. The van der Waals surface area contributed by atoms with E-state index in [1.54, 1.807) is 31.7 Å². The summed E-state index contributed by atoms with van der Waals surface area (Å²) in [4.78, 5) is 62.6. The molecule has 8 nitrogen and oxygen atoms in total. The number of hydrogen-bond acceptors (Lipinski definition) is 6. The Balaban J connectivity index is 1.39. The van der Waals surface area contributed by atoms with Crippen molar-refractivity contribution in [3.8, 4) is 0 Å². The standard InChI is InChI=1S/C29H30F2N4O4/c1-17-18(2)28(38)23(19(3)27(17)37)6-7-26(36)34-12-9-20(10-13-34)29(39)35(25-8-11-32-16-33-25)15-21-4-5-22(30)14-24(21)31/h4-5,8,11,14,16,20H,6-7,9-10,12-13,15H2,1-3H3. The van der Waals surface area contributed by atoms with Gasteiger partial charge in [0.1, 0.15) is 23.8 Å². The van der Waals surface area contributed by atoms with Gasteiger partial charge in [0.15, 0.2) is 11.6 Å². The Bertz CT molecular complexity index is 1380. The number of likely N-dealkylation sites (tertiary alicyclic amines) is 1. The number of Topliss-reactive ketones (excluding diaryl/α,β-unsaturated/α-hetero) is 2. The van der Waals surface area contributed by atoms with Gasteiger partial charge in [-0.05, 0) is 52.2 Å². The Morgan fingerprint density at radius 1 is 1.00 bits per heavy atom. The number of piperidine rings is 1. The molecule has 0 bridgehead atoms. The Morgan fingerprint density at radius 2 is 1.69 bits per heavy atom. The molecule has 204 valence electrons. The van der Waals surface area contributed by atoms with Gasteiger partial charge in [-0.3, -0.25) is 24.1 Å². The number of hydrogen-bond donors (Lipinski definition) is 0. The third kappa shape index (κ3) is 6.00. The zero-order chi connectivity index (χ0) is 28.3. The molecule has 0 spiro atoms. The van der Waals surface area contributed by atoms with E-state index in [2.05, 4.69) is 9.97 Å². The minimum atomic E-state index is -0.758. The molecule has 0 N–H and O–H groups in total. The van der Waals surface area contributed by atoms with Crippen LogP contribution in [-0.4, -0.2) is 51.3 Å². The predicted octanol–water partition coefficient (Wildman–Crippen LogP) is 4.11. The smallest absolute Gasteiger partial charge is 0.231 e. The van der Waals surface area contributed by atoms with E-state index in [9.17, 15) is 28.0 Å². The van der Waals surface area contributed by atoms with Gasteiger partial charge in [0.25, 0.3) is 0 Å². The molecule has 39 heavy (non-hydrogen) atoms. The molecule has 1 fully saturated rings. The number of ketones is 2. The first-order valence-electron chi connectivity index (χ1n) is 12.8. The zero-order valence-corrected chi connectivity index (χ0v) is 22.2. The maximum Gasteiger partial charge on any atom is 0.231 e. The van der Waals surface area contributed by atoms with E-state index in [4.69, 9.17) is 0 Å². The molecule has 1 aromatic carbocycles. The summed E-state index contributed by atoms with van der Waals surface area (Å²) in [7, 11) is 0. The fourth-order valence-electron chi connectivity index (χ4n) is 4.98. The lowest BCUT2D eigenvalue weighted by atomic mass is 9.84. The Hall–Kier alpha value is -4.08. The second-order valence-corrected chi connectivity index (χ2v) is 9.89. The van der Waals surface area contributed by atoms with Crippen LogP contribution in [0, 0.1) is 17.6 Å². The number of amides is 2. The highest BCUT2D eigenvalue weighted by molar-refractivity contribution is 6.24. The second kappa shape index (κ2) is 11.8. The van der Waals surface area contributed by atoms with Crippen molar-refractivity contribution in [1.29, 1.82) is 0 Å². The summed E-state index contributed by atoms with van der Waals surface area (Å²) in [6.45, 7) is 5.45. The minimum absolute atomic E-state index is 0.0908. The monoisotopic (exact) mass is 536 g/mol. The first-order valence-corrected chi connectivity index (χ1v) is 12.8. The van der Waals surface area contributed by atoms with Crippen LogP contribution in [-0.2, 0) is 25.7 Å². The van der Waals surface area contributed by atoms with E-state index in [1.807, 2.05) is 0 Å². The van der Waals surface area contributed by atoms with Crippen molar-refractivity contribution in [3.05, 3.63) is 76.3 Å². The summed E-state index contributed by atoms with van der Waals surface area (Å²) in [5, 5.41) is 0. The lowest BCUT2D eigenvalue weighted by Gasteiger charge is -2.34. The van der Waals surface area contributed by atoms with Gasteiger partial charge in [0.2, 0.25) is 11.8 Å². The molecule has 4 rings (SSSR count). The van der Waals surface area contributed by atoms with Gasteiger partial charge in [-0.2, -0.15) is 0 Å². The van der Waals surface area contributed by atoms with Crippen LogP contribution in [0.4, 0.5) is 14.6 Å². The highest BCUT2D eigenvalue weighted by Gasteiger charge is 2.33. The SMILES string of the molecule is CC1=C(C)C(=O)C(CCC(=O)N2CCC(C(=O)N(Cc3ccc(F)cc3F)c3ccncn3)CC2)=C(C)C1=O. The fraction of sp³-hybridized carbons (Fsp3) is 0.379. The van der Waals surface area contributed by atoms with Crippen LogP contribution >= 0.6 is 0 Å². The Labute approximate surface area is 225 Å². The molecule has 0 unspecified atom stereocenters. The zero-order valence-electron chi connectivity index (χ0n) is 22.2. The molecule has 1 saturated heterocycles. The van der Waals surface area contributed by atoms with Crippen molar-refractivity contribution < 1.29 is 28.0 Å². The quantitative estimate of drug-likeness (QED) is 0.494.